The lowest BCUT2D eigenvalue weighted by Crippen LogP contribution is -2.31. The number of esters is 1. The van der Waals surface area contributed by atoms with Gasteiger partial charge in [0.05, 0.1) is 11.6 Å². The molecule has 0 radical (unpaired) electrons. The van der Waals surface area contributed by atoms with Gasteiger partial charge in [0.2, 0.25) is 0 Å². The molecule has 1 amide bonds. The molecule has 1 aliphatic carbocycles. The minimum atomic E-state index is -0.513. The minimum absolute atomic E-state index is 0.138. The maximum atomic E-state index is 12.4. The summed E-state index contributed by atoms with van der Waals surface area (Å²) in [6.07, 6.45) is 8.51. The highest BCUT2D eigenvalue weighted by atomic mass is 16.5. The largest absolute Gasteiger partial charge is 0.452 e. The van der Waals surface area contributed by atoms with E-state index in [0.717, 1.165) is 24.1 Å². The van der Waals surface area contributed by atoms with Gasteiger partial charge < -0.3 is 14.6 Å². The van der Waals surface area contributed by atoms with Crippen molar-refractivity contribution < 1.29 is 14.3 Å². The lowest BCUT2D eigenvalue weighted by molar-refractivity contribution is -0.124. The molecule has 5 nitrogen and oxygen atoms in total. The van der Waals surface area contributed by atoms with Gasteiger partial charge in [-0.05, 0) is 79.6 Å². The summed E-state index contributed by atoms with van der Waals surface area (Å²) in [7, 11) is 0. The van der Waals surface area contributed by atoms with E-state index in [1.54, 1.807) is 18.2 Å². The molecular formula is C25H26N2O3. The van der Waals surface area contributed by atoms with Crippen molar-refractivity contribution in [1.29, 1.82) is 0 Å². The first-order valence-electron chi connectivity index (χ1n) is 10.4. The number of aryl methyl sites for hydroxylation is 2. The van der Waals surface area contributed by atoms with Crippen LogP contribution in [0.3, 0.4) is 0 Å². The second-order valence-electron chi connectivity index (χ2n) is 7.74. The summed E-state index contributed by atoms with van der Waals surface area (Å²) in [5, 5.41) is 2.92. The fourth-order valence-electron chi connectivity index (χ4n) is 3.90. The topological polar surface area (TPSA) is 60.3 Å². The van der Waals surface area contributed by atoms with Crippen LogP contribution in [0.15, 0.2) is 67.0 Å². The van der Waals surface area contributed by atoms with E-state index in [0.29, 0.717) is 5.56 Å². The summed E-state index contributed by atoms with van der Waals surface area (Å²) in [6.45, 7) is 1.65. The SMILES string of the molecule is CC(NC(=O)COC(=O)c1cccc(-n2cccc2)c1)c1ccc2c(c1)CCCC2. The van der Waals surface area contributed by atoms with Gasteiger partial charge >= 0.3 is 5.97 Å². The van der Waals surface area contributed by atoms with Crippen molar-refractivity contribution in [2.24, 2.45) is 0 Å². The Morgan fingerprint density at radius 1 is 1.00 bits per heavy atom. The Balaban J connectivity index is 1.32. The normalized spacial score (nSPS) is 13.9. The van der Waals surface area contributed by atoms with Crippen molar-refractivity contribution in [3.63, 3.8) is 0 Å². The number of rotatable bonds is 6. The van der Waals surface area contributed by atoms with Crippen LogP contribution < -0.4 is 5.32 Å². The summed E-state index contributed by atoms with van der Waals surface area (Å²) < 4.78 is 7.14. The van der Waals surface area contributed by atoms with Crippen LogP contribution in [0.25, 0.3) is 5.69 Å². The summed E-state index contributed by atoms with van der Waals surface area (Å²) in [5.41, 5.74) is 5.15. The van der Waals surface area contributed by atoms with Crippen molar-refractivity contribution in [1.82, 2.24) is 9.88 Å². The molecule has 0 aliphatic heterocycles. The van der Waals surface area contributed by atoms with Gasteiger partial charge in [0.25, 0.3) is 5.91 Å². The molecule has 0 spiro atoms. The quantitative estimate of drug-likeness (QED) is 0.622. The Morgan fingerprint density at radius 2 is 1.77 bits per heavy atom. The van der Waals surface area contributed by atoms with Gasteiger partial charge in [0.1, 0.15) is 0 Å². The van der Waals surface area contributed by atoms with Crippen molar-refractivity contribution >= 4 is 11.9 Å². The summed E-state index contributed by atoms with van der Waals surface area (Å²) in [4.78, 5) is 24.7. The number of carbonyl (C=O) groups excluding carboxylic acids is 2. The van der Waals surface area contributed by atoms with E-state index < -0.39 is 5.97 Å². The minimum Gasteiger partial charge on any atom is -0.452 e. The van der Waals surface area contributed by atoms with Gasteiger partial charge in [0.15, 0.2) is 6.61 Å². The molecule has 1 N–H and O–H groups in total. The summed E-state index contributed by atoms with van der Waals surface area (Å²) in [5.74, 6) is -0.823. The van der Waals surface area contributed by atoms with Crippen LogP contribution in [0.1, 0.15) is 52.9 Å². The molecule has 0 bridgehead atoms. The number of benzene rings is 2. The molecule has 1 atom stereocenters. The first-order chi connectivity index (χ1) is 14.6. The number of amides is 1. The molecule has 5 heteroatoms. The maximum Gasteiger partial charge on any atom is 0.338 e. The van der Waals surface area contributed by atoms with Crippen LogP contribution in [0.2, 0.25) is 0 Å². The average molecular weight is 402 g/mol. The van der Waals surface area contributed by atoms with E-state index in [2.05, 4.69) is 23.5 Å². The van der Waals surface area contributed by atoms with E-state index in [9.17, 15) is 9.59 Å². The fraction of sp³-hybridized carbons (Fsp3) is 0.280. The summed E-state index contributed by atoms with van der Waals surface area (Å²) in [6, 6.07) is 17.3. The molecule has 0 fully saturated rings. The Kier molecular flexibility index (Phi) is 5.98. The number of aromatic nitrogens is 1. The highest BCUT2D eigenvalue weighted by molar-refractivity contribution is 5.91. The van der Waals surface area contributed by atoms with Crippen LogP contribution in [0.4, 0.5) is 0 Å². The Bertz CT molecular complexity index is 1040. The number of hydrogen-bond donors (Lipinski definition) is 1. The molecule has 4 rings (SSSR count). The van der Waals surface area contributed by atoms with E-state index >= 15 is 0 Å². The molecule has 0 saturated carbocycles. The smallest absolute Gasteiger partial charge is 0.338 e. The second-order valence-corrected chi connectivity index (χ2v) is 7.74. The van der Waals surface area contributed by atoms with Crippen molar-refractivity contribution in [2.45, 2.75) is 38.6 Å². The molecule has 1 unspecified atom stereocenters. The number of carbonyl (C=O) groups is 2. The zero-order chi connectivity index (χ0) is 20.9. The van der Waals surface area contributed by atoms with E-state index in [1.165, 1.54) is 24.0 Å². The highest BCUT2D eigenvalue weighted by Crippen LogP contribution is 2.24. The Labute approximate surface area is 176 Å². The number of nitrogens with zero attached hydrogens (tertiary/aromatic N) is 1. The maximum absolute atomic E-state index is 12.4. The predicted octanol–water partition coefficient (Wildman–Crippen LogP) is 4.39. The van der Waals surface area contributed by atoms with Gasteiger partial charge in [-0.1, -0.05) is 24.3 Å². The predicted molar refractivity (Wildman–Crippen MR) is 116 cm³/mol. The standard InChI is InChI=1S/C25H26N2O3/c1-18(20-12-11-19-7-2-3-8-21(19)15-20)26-24(28)17-30-25(29)22-9-6-10-23(16-22)27-13-4-5-14-27/h4-6,9-16,18H,2-3,7-8,17H2,1H3,(H,26,28). The first kappa shape index (κ1) is 20.0. The molecule has 154 valence electrons. The third-order valence-corrected chi connectivity index (χ3v) is 5.57. The number of nitrogens with one attached hydrogen (secondary N) is 1. The second kappa shape index (κ2) is 8.99. The highest BCUT2D eigenvalue weighted by Gasteiger charge is 2.16. The molecule has 0 saturated heterocycles. The molecular weight excluding hydrogens is 376 g/mol. The first-order valence-corrected chi connectivity index (χ1v) is 10.4. The zero-order valence-corrected chi connectivity index (χ0v) is 17.1. The molecule has 1 aliphatic rings. The van der Waals surface area contributed by atoms with Gasteiger partial charge in [-0.3, -0.25) is 4.79 Å². The van der Waals surface area contributed by atoms with Crippen LogP contribution >= 0.6 is 0 Å². The van der Waals surface area contributed by atoms with Crippen LogP contribution in [-0.2, 0) is 22.4 Å². The van der Waals surface area contributed by atoms with Gasteiger partial charge in [0, 0.05) is 18.1 Å². The third kappa shape index (κ3) is 4.62. The van der Waals surface area contributed by atoms with Crippen molar-refractivity contribution in [3.8, 4) is 5.69 Å². The lowest BCUT2D eigenvalue weighted by Gasteiger charge is -2.20. The number of ether oxygens (including phenoxy) is 1. The Hall–Kier alpha value is -3.34. The van der Waals surface area contributed by atoms with Crippen LogP contribution in [0, 0.1) is 0 Å². The number of hydrogen-bond acceptors (Lipinski definition) is 3. The number of fused-ring (bicyclic) bond motifs is 1. The molecule has 30 heavy (non-hydrogen) atoms. The molecule has 3 aromatic rings. The summed E-state index contributed by atoms with van der Waals surface area (Å²) >= 11 is 0. The van der Waals surface area contributed by atoms with Crippen molar-refractivity contribution in [3.05, 3.63) is 89.2 Å². The van der Waals surface area contributed by atoms with E-state index in [4.69, 9.17) is 4.74 Å². The molecule has 1 aromatic heterocycles. The molecule has 1 heterocycles. The van der Waals surface area contributed by atoms with Gasteiger partial charge in [-0.15, -0.1) is 0 Å². The lowest BCUT2D eigenvalue weighted by atomic mass is 9.89. The van der Waals surface area contributed by atoms with E-state index in [-0.39, 0.29) is 18.6 Å². The average Bonchev–Trinajstić information content (AvgIpc) is 3.32. The Morgan fingerprint density at radius 3 is 2.57 bits per heavy atom. The fourth-order valence-corrected chi connectivity index (χ4v) is 3.90. The third-order valence-electron chi connectivity index (χ3n) is 5.57. The molecule has 2 aromatic carbocycles. The van der Waals surface area contributed by atoms with E-state index in [1.807, 2.05) is 42.1 Å². The van der Waals surface area contributed by atoms with Crippen LogP contribution in [-0.4, -0.2) is 23.1 Å². The van der Waals surface area contributed by atoms with Gasteiger partial charge in [-0.2, -0.15) is 0 Å². The van der Waals surface area contributed by atoms with Crippen LogP contribution in [0.5, 0.6) is 0 Å². The van der Waals surface area contributed by atoms with Gasteiger partial charge in [-0.25, -0.2) is 4.79 Å². The van der Waals surface area contributed by atoms with Crippen molar-refractivity contribution in [2.75, 3.05) is 6.61 Å². The monoisotopic (exact) mass is 402 g/mol. The zero-order valence-electron chi connectivity index (χ0n) is 17.1.